The first-order chi connectivity index (χ1) is 11.4. The topological polar surface area (TPSA) is 74.1 Å². The molecule has 0 spiro atoms. The third kappa shape index (κ3) is 3.62. The van der Waals surface area contributed by atoms with Crippen molar-refractivity contribution < 1.29 is 13.6 Å². The first-order valence-corrected chi connectivity index (χ1v) is 8.59. The molecule has 3 aromatic rings. The summed E-state index contributed by atoms with van der Waals surface area (Å²) < 4.78 is 12.8. The minimum atomic E-state index is -0.372. The lowest BCUT2D eigenvalue weighted by Gasteiger charge is -2.15. The lowest BCUT2D eigenvalue weighted by atomic mass is 9.92. The summed E-state index contributed by atoms with van der Waals surface area (Å²) in [6.07, 6.45) is 3.22. The summed E-state index contributed by atoms with van der Waals surface area (Å²) in [4.78, 5) is 12.2. The van der Waals surface area contributed by atoms with Crippen LogP contribution in [0.25, 0.3) is 11.6 Å². The van der Waals surface area contributed by atoms with Crippen LogP contribution in [-0.4, -0.2) is 26.3 Å². The van der Waals surface area contributed by atoms with Crippen LogP contribution in [0.3, 0.4) is 0 Å². The molecule has 0 amide bonds. The van der Waals surface area contributed by atoms with E-state index in [1.807, 2.05) is 43.5 Å². The predicted octanol–water partition coefficient (Wildman–Crippen LogP) is 3.89. The maximum absolute atomic E-state index is 12.2. The summed E-state index contributed by atoms with van der Waals surface area (Å²) in [7, 11) is 0. The van der Waals surface area contributed by atoms with Crippen molar-refractivity contribution >= 4 is 17.5 Å². The summed E-state index contributed by atoms with van der Waals surface area (Å²) in [5.41, 5.74) is -0.372. The fourth-order valence-corrected chi connectivity index (χ4v) is 3.13. The molecule has 0 aliphatic rings. The SMILES string of the molecule is CC(C)(C)C(=O)CSc1nnc(-c2ccco2)n1Cc1ccco1. The molecule has 0 aliphatic carbocycles. The average Bonchev–Trinajstić information content (AvgIpc) is 3.26. The second-order valence-electron chi connectivity index (χ2n) is 6.41. The van der Waals surface area contributed by atoms with Gasteiger partial charge in [-0.2, -0.15) is 0 Å². The van der Waals surface area contributed by atoms with E-state index in [1.54, 1.807) is 18.6 Å². The number of rotatable bonds is 6. The van der Waals surface area contributed by atoms with E-state index in [0.717, 1.165) is 5.76 Å². The molecule has 0 aliphatic heterocycles. The Morgan fingerprint density at radius 1 is 1.17 bits per heavy atom. The Hall–Kier alpha value is -2.28. The third-order valence-electron chi connectivity index (χ3n) is 3.52. The molecule has 3 aromatic heterocycles. The molecule has 0 bridgehead atoms. The zero-order valence-corrected chi connectivity index (χ0v) is 14.7. The van der Waals surface area contributed by atoms with E-state index in [-0.39, 0.29) is 11.2 Å². The van der Waals surface area contributed by atoms with Crippen molar-refractivity contribution in [2.45, 2.75) is 32.5 Å². The molecule has 7 heteroatoms. The second kappa shape index (κ2) is 6.68. The molecule has 6 nitrogen and oxygen atoms in total. The van der Waals surface area contributed by atoms with Crippen molar-refractivity contribution in [2.24, 2.45) is 5.41 Å². The molecule has 3 heterocycles. The monoisotopic (exact) mass is 345 g/mol. The van der Waals surface area contributed by atoms with Crippen LogP contribution in [0.2, 0.25) is 0 Å². The van der Waals surface area contributed by atoms with Gasteiger partial charge in [0.1, 0.15) is 11.5 Å². The van der Waals surface area contributed by atoms with Crippen LogP contribution in [0.5, 0.6) is 0 Å². The molecule has 3 rings (SSSR count). The minimum absolute atomic E-state index is 0.166. The molecular formula is C17H19N3O3S. The zero-order chi connectivity index (χ0) is 17.2. The van der Waals surface area contributed by atoms with Crippen molar-refractivity contribution in [2.75, 3.05) is 5.75 Å². The molecule has 0 unspecified atom stereocenters. The Kier molecular flexibility index (Phi) is 4.62. The van der Waals surface area contributed by atoms with Gasteiger partial charge in [0.2, 0.25) is 5.82 Å². The largest absolute Gasteiger partial charge is 0.467 e. The lowest BCUT2D eigenvalue weighted by molar-refractivity contribution is -0.123. The number of carbonyl (C=O) groups is 1. The molecule has 0 aromatic carbocycles. The summed E-state index contributed by atoms with van der Waals surface area (Å²) in [6, 6.07) is 7.36. The second-order valence-corrected chi connectivity index (χ2v) is 7.35. The van der Waals surface area contributed by atoms with Crippen LogP contribution in [-0.2, 0) is 11.3 Å². The Morgan fingerprint density at radius 3 is 2.54 bits per heavy atom. The van der Waals surface area contributed by atoms with Crippen LogP contribution in [0, 0.1) is 5.41 Å². The summed E-state index contributed by atoms with van der Waals surface area (Å²) >= 11 is 1.38. The van der Waals surface area contributed by atoms with Crippen LogP contribution in [0.4, 0.5) is 0 Å². The number of ketones is 1. The first kappa shape index (κ1) is 16.6. The van der Waals surface area contributed by atoms with E-state index in [1.165, 1.54) is 11.8 Å². The van der Waals surface area contributed by atoms with Gasteiger partial charge in [-0.25, -0.2) is 0 Å². The van der Waals surface area contributed by atoms with Crippen molar-refractivity contribution in [3.8, 4) is 11.6 Å². The number of carbonyl (C=O) groups excluding carboxylic acids is 1. The van der Waals surface area contributed by atoms with E-state index in [0.29, 0.717) is 29.0 Å². The highest BCUT2D eigenvalue weighted by atomic mass is 32.2. The normalized spacial score (nSPS) is 11.8. The fourth-order valence-electron chi connectivity index (χ4n) is 2.03. The number of hydrogen-bond donors (Lipinski definition) is 0. The van der Waals surface area contributed by atoms with Crippen LogP contribution < -0.4 is 0 Å². The van der Waals surface area contributed by atoms with Gasteiger partial charge >= 0.3 is 0 Å². The molecule has 126 valence electrons. The van der Waals surface area contributed by atoms with Gasteiger partial charge in [0.05, 0.1) is 24.8 Å². The van der Waals surface area contributed by atoms with Gasteiger partial charge in [-0.1, -0.05) is 32.5 Å². The average molecular weight is 345 g/mol. The van der Waals surface area contributed by atoms with Gasteiger partial charge in [0.15, 0.2) is 10.9 Å². The van der Waals surface area contributed by atoms with E-state index >= 15 is 0 Å². The highest BCUT2D eigenvalue weighted by molar-refractivity contribution is 7.99. The van der Waals surface area contributed by atoms with Crippen molar-refractivity contribution in [1.29, 1.82) is 0 Å². The highest BCUT2D eigenvalue weighted by Gasteiger charge is 2.23. The molecule has 24 heavy (non-hydrogen) atoms. The van der Waals surface area contributed by atoms with E-state index in [4.69, 9.17) is 8.83 Å². The Balaban J connectivity index is 1.87. The Labute approximate surface area is 144 Å². The smallest absolute Gasteiger partial charge is 0.200 e. The summed E-state index contributed by atoms with van der Waals surface area (Å²) in [5.74, 6) is 2.54. The molecule has 0 saturated carbocycles. The maximum Gasteiger partial charge on any atom is 0.200 e. The van der Waals surface area contributed by atoms with Gasteiger partial charge in [-0.3, -0.25) is 9.36 Å². The zero-order valence-electron chi connectivity index (χ0n) is 13.9. The quantitative estimate of drug-likeness (QED) is 0.631. The molecule has 0 fully saturated rings. The number of aromatic nitrogens is 3. The van der Waals surface area contributed by atoms with Gasteiger partial charge in [-0.05, 0) is 24.3 Å². The first-order valence-electron chi connectivity index (χ1n) is 7.61. The molecule has 0 saturated heterocycles. The number of thioether (sulfide) groups is 1. The van der Waals surface area contributed by atoms with Crippen LogP contribution in [0.1, 0.15) is 26.5 Å². The van der Waals surface area contributed by atoms with Gasteiger partial charge in [0.25, 0.3) is 0 Å². The number of furan rings is 2. The number of hydrogen-bond acceptors (Lipinski definition) is 6. The maximum atomic E-state index is 12.2. The van der Waals surface area contributed by atoms with Crippen molar-refractivity contribution in [1.82, 2.24) is 14.8 Å². The van der Waals surface area contributed by atoms with Crippen LogP contribution >= 0.6 is 11.8 Å². The van der Waals surface area contributed by atoms with E-state index in [9.17, 15) is 4.79 Å². The molecule has 0 N–H and O–H groups in total. The van der Waals surface area contributed by atoms with Gasteiger partial charge < -0.3 is 8.83 Å². The molecule has 0 radical (unpaired) electrons. The summed E-state index contributed by atoms with van der Waals surface area (Å²) in [5, 5.41) is 9.12. The van der Waals surface area contributed by atoms with Crippen molar-refractivity contribution in [3.05, 3.63) is 42.6 Å². The summed E-state index contributed by atoms with van der Waals surface area (Å²) in [6.45, 7) is 6.22. The number of nitrogens with zero attached hydrogens (tertiary/aromatic N) is 3. The predicted molar refractivity (Wildman–Crippen MR) is 90.7 cm³/mol. The van der Waals surface area contributed by atoms with E-state index < -0.39 is 0 Å². The Bertz CT molecular complexity index is 799. The van der Waals surface area contributed by atoms with Crippen LogP contribution in [0.15, 0.2) is 50.8 Å². The standard InChI is InChI=1S/C17H19N3O3S/c1-17(2,3)14(21)11-24-16-19-18-15(13-7-5-9-23-13)20(16)10-12-6-4-8-22-12/h4-9H,10-11H2,1-3H3. The fraction of sp³-hybridized carbons (Fsp3) is 0.353. The number of Topliss-reactive ketones (excluding diaryl/α,β-unsaturated/α-hetero) is 1. The third-order valence-corrected chi connectivity index (χ3v) is 4.49. The molecular weight excluding hydrogens is 326 g/mol. The lowest BCUT2D eigenvalue weighted by Crippen LogP contribution is -2.22. The minimum Gasteiger partial charge on any atom is -0.467 e. The Morgan fingerprint density at radius 2 is 1.92 bits per heavy atom. The van der Waals surface area contributed by atoms with Gasteiger partial charge in [-0.15, -0.1) is 10.2 Å². The van der Waals surface area contributed by atoms with Crippen molar-refractivity contribution in [3.63, 3.8) is 0 Å². The highest BCUT2D eigenvalue weighted by Crippen LogP contribution is 2.27. The molecule has 0 atom stereocenters. The van der Waals surface area contributed by atoms with Gasteiger partial charge in [0, 0.05) is 5.41 Å². The van der Waals surface area contributed by atoms with E-state index in [2.05, 4.69) is 10.2 Å².